The number of fused-ring (bicyclic) bond motifs is 1. The second-order valence-electron chi connectivity index (χ2n) is 19.2. The third kappa shape index (κ3) is 7.46. The van der Waals surface area contributed by atoms with Crippen molar-refractivity contribution < 1.29 is 38.3 Å². The molecule has 13 heteroatoms. The summed E-state index contributed by atoms with van der Waals surface area (Å²) in [6.45, 7) is 20.3. The van der Waals surface area contributed by atoms with Crippen LogP contribution in [-0.4, -0.2) is 94.3 Å². The summed E-state index contributed by atoms with van der Waals surface area (Å²) < 4.78 is 19.4. The zero-order valence-electron chi connectivity index (χ0n) is 33.4. The standard InChI is InChI=1S/C40H61BN4O8/c1-11-14-30(41-52-29-18-25-17-28(39(25,8)9)40(29,10)53-41)42-33(47)27-19-26(51-36(50)44-20-23-15-12-13-16-24(23)21-44)22-45(27)35(49)31(37(2,3)4)43-34(48)32(46)38(5,6)7/h12-13,15-16,25-32,46H,11,14,17-22H2,1-10H3,(H,42,47)(H,43,48)/t25-,26+,27-,28-,29+,30-,31+,32?,40-/m0/s1. The minimum absolute atomic E-state index is 0.0269. The van der Waals surface area contributed by atoms with Gasteiger partial charge in [0, 0.05) is 19.5 Å². The minimum atomic E-state index is -1.36. The number of aliphatic hydroxyl groups is 1. The lowest BCUT2D eigenvalue weighted by Crippen LogP contribution is -2.65. The van der Waals surface area contributed by atoms with Crippen molar-refractivity contribution in [2.24, 2.45) is 28.1 Å². The Morgan fingerprint density at radius 2 is 1.62 bits per heavy atom. The van der Waals surface area contributed by atoms with Gasteiger partial charge in [-0.3, -0.25) is 19.3 Å². The third-order valence-electron chi connectivity index (χ3n) is 12.9. The number of nitrogens with one attached hydrogen (secondary N) is 2. The number of likely N-dealkylation sites (tertiary alicyclic amines) is 1. The van der Waals surface area contributed by atoms with E-state index in [0.29, 0.717) is 31.3 Å². The zero-order chi connectivity index (χ0) is 38.8. The molecule has 3 aliphatic carbocycles. The number of carbonyl (C=O) groups excluding carboxylic acids is 4. The first kappa shape index (κ1) is 39.5. The van der Waals surface area contributed by atoms with Crippen molar-refractivity contribution in [2.45, 2.75) is 156 Å². The van der Waals surface area contributed by atoms with Gasteiger partial charge in [-0.25, -0.2) is 4.79 Å². The molecule has 292 valence electrons. The first-order valence-corrected chi connectivity index (χ1v) is 19.6. The number of benzene rings is 1. The average Bonchev–Trinajstić information content (AvgIpc) is 3.79. The van der Waals surface area contributed by atoms with Crippen LogP contribution in [0.25, 0.3) is 0 Å². The van der Waals surface area contributed by atoms with E-state index in [0.717, 1.165) is 30.4 Å². The zero-order valence-corrected chi connectivity index (χ0v) is 33.4. The lowest BCUT2D eigenvalue weighted by atomic mass is 9.43. The van der Waals surface area contributed by atoms with Crippen molar-refractivity contribution in [3.8, 4) is 0 Å². The van der Waals surface area contributed by atoms with Gasteiger partial charge in [0.25, 0.3) is 0 Å². The molecule has 7 rings (SSSR count). The quantitative estimate of drug-likeness (QED) is 0.312. The highest BCUT2D eigenvalue weighted by Crippen LogP contribution is 2.65. The number of ether oxygens (including phenoxy) is 1. The van der Waals surface area contributed by atoms with Crippen molar-refractivity contribution in [1.82, 2.24) is 20.4 Å². The third-order valence-corrected chi connectivity index (χ3v) is 12.9. The van der Waals surface area contributed by atoms with E-state index in [1.54, 1.807) is 25.7 Å². The summed E-state index contributed by atoms with van der Waals surface area (Å²) in [6, 6.07) is 5.78. The van der Waals surface area contributed by atoms with Crippen LogP contribution in [0.1, 0.15) is 112 Å². The maximum Gasteiger partial charge on any atom is 0.481 e. The molecule has 1 aromatic carbocycles. The molecule has 4 amide bonds. The van der Waals surface area contributed by atoms with Crippen molar-refractivity contribution in [3.63, 3.8) is 0 Å². The lowest BCUT2D eigenvalue weighted by molar-refractivity contribution is -0.199. The van der Waals surface area contributed by atoms with Crippen LogP contribution >= 0.6 is 0 Å². The molecule has 1 unspecified atom stereocenters. The van der Waals surface area contributed by atoms with Crippen LogP contribution in [0, 0.1) is 28.1 Å². The Morgan fingerprint density at radius 1 is 0.981 bits per heavy atom. The maximum absolute atomic E-state index is 14.6. The summed E-state index contributed by atoms with van der Waals surface area (Å²) in [7, 11) is -0.638. The van der Waals surface area contributed by atoms with E-state index in [-0.39, 0.29) is 24.5 Å². The van der Waals surface area contributed by atoms with Crippen LogP contribution in [0.2, 0.25) is 0 Å². The molecule has 3 N–H and O–H groups in total. The SMILES string of the molecule is CCC[C@H](NC(=O)[C@@H]1C[C@@H](OC(=O)N2Cc3ccccc3C2)CN1C(=O)[C@@H](NC(=O)C(O)C(C)(C)C)C(C)(C)C)B1O[C@@H]2C[C@@H]3C[C@@H](C3(C)C)[C@]2(C)O1. The lowest BCUT2D eigenvalue weighted by Gasteiger charge is -2.64. The molecule has 3 aliphatic heterocycles. The smallest absolute Gasteiger partial charge is 0.444 e. The molecule has 6 aliphatic rings. The fourth-order valence-corrected chi connectivity index (χ4v) is 9.42. The van der Waals surface area contributed by atoms with Crippen molar-refractivity contribution >= 4 is 30.9 Å². The number of amides is 4. The van der Waals surface area contributed by atoms with Gasteiger partial charge in [0.05, 0.1) is 24.2 Å². The summed E-state index contributed by atoms with van der Waals surface area (Å²) in [5.74, 6) is -1.06. The van der Waals surface area contributed by atoms with Crippen molar-refractivity contribution in [1.29, 1.82) is 0 Å². The highest BCUT2D eigenvalue weighted by atomic mass is 16.7. The highest BCUT2D eigenvalue weighted by molar-refractivity contribution is 6.48. The minimum Gasteiger partial charge on any atom is -0.444 e. The van der Waals surface area contributed by atoms with E-state index < -0.39 is 77.6 Å². The van der Waals surface area contributed by atoms with Crippen LogP contribution in [-0.2, 0) is 41.5 Å². The normalized spacial score (nSPS) is 30.5. The highest BCUT2D eigenvalue weighted by Gasteiger charge is 2.68. The summed E-state index contributed by atoms with van der Waals surface area (Å²) in [5, 5.41) is 16.8. The van der Waals surface area contributed by atoms with Gasteiger partial charge in [-0.05, 0) is 65.4 Å². The molecule has 5 fully saturated rings. The molecular formula is C40H61BN4O8. The van der Waals surface area contributed by atoms with E-state index in [4.69, 9.17) is 14.0 Å². The molecule has 1 aromatic rings. The van der Waals surface area contributed by atoms with Gasteiger partial charge in [0.1, 0.15) is 24.3 Å². The van der Waals surface area contributed by atoms with Gasteiger partial charge in [0.15, 0.2) is 0 Å². The average molecular weight is 737 g/mol. The number of rotatable bonds is 9. The summed E-state index contributed by atoms with van der Waals surface area (Å²) in [5.41, 5.74) is 0.294. The van der Waals surface area contributed by atoms with E-state index in [1.165, 1.54) is 4.90 Å². The van der Waals surface area contributed by atoms with Gasteiger partial charge in [-0.15, -0.1) is 0 Å². The Labute approximate surface area is 315 Å². The van der Waals surface area contributed by atoms with Gasteiger partial charge in [-0.2, -0.15) is 0 Å². The predicted molar refractivity (Wildman–Crippen MR) is 200 cm³/mol. The number of carbonyl (C=O) groups is 4. The summed E-state index contributed by atoms with van der Waals surface area (Å²) >= 11 is 0. The van der Waals surface area contributed by atoms with Crippen LogP contribution < -0.4 is 10.6 Å². The first-order valence-electron chi connectivity index (χ1n) is 19.6. The van der Waals surface area contributed by atoms with Crippen LogP contribution in [0.3, 0.4) is 0 Å². The Balaban J connectivity index is 1.22. The maximum atomic E-state index is 14.6. The first-order chi connectivity index (χ1) is 24.6. The van der Waals surface area contributed by atoms with Crippen molar-refractivity contribution in [3.05, 3.63) is 35.4 Å². The Kier molecular flexibility index (Phi) is 10.6. The topological polar surface area (TPSA) is 147 Å². The van der Waals surface area contributed by atoms with E-state index >= 15 is 0 Å². The molecule has 3 saturated carbocycles. The summed E-state index contributed by atoms with van der Waals surface area (Å²) in [4.78, 5) is 58.8. The molecule has 9 atom stereocenters. The fourth-order valence-electron chi connectivity index (χ4n) is 9.42. The molecule has 0 spiro atoms. The van der Waals surface area contributed by atoms with E-state index in [9.17, 15) is 24.3 Å². The monoisotopic (exact) mass is 736 g/mol. The Hall–Kier alpha value is -3.16. The number of hydrogen-bond acceptors (Lipinski definition) is 8. The van der Waals surface area contributed by atoms with Gasteiger partial charge < -0.3 is 34.7 Å². The molecular weight excluding hydrogens is 675 g/mol. The molecule has 2 bridgehead atoms. The second-order valence-corrected chi connectivity index (χ2v) is 19.2. The molecule has 3 heterocycles. The second kappa shape index (κ2) is 14.2. The van der Waals surface area contributed by atoms with Crippen LogP contribution in [0.5, 0.6) is 0 Å². The van der Waals surface area contributed by atoms with Crippen LogP contribution in [0.15, 0.2) is 24.3 Å². The number of aliphatic hydroxyl groups excluding tert-OH is 1. The van der Waals surface area contributed by atoms with Crippen molar-refractivity contribution in [2.75, 3.05) is 6.54 Å². The molecule has 12 nitrogen and oxygen atoms in total. The molecule has 0 aromatic heterocycles. The van der Waals surface area contributed by atoms with E-state index in [2.05, 4.69) is 31.4 Å². The predicted octanol–water partition coefficient (Wildman–Crippen LogP) is 4.60. The van der Waals surface area contributed by atoms with Gasteiger partial charge >= 0.3 is 13.2 Å². The van der Waals surface area contributed by atoms with Gasteiger partial charge in [-0.1, -0.05) is 93.0 Å². The Bertz CT molecular complexity index is 1570. The summed E-state index contributed by atoms with van der Waals surface area (Å²) in [6.07, 6.45) is 0.816. The van der Waals surface area contributed by atoms with Gasteiger partial charge in [0.2, 0.25) is 17.7 Å². The fraction of sp³-hybridized carbons (Fsp3) is 0.750. The number of hydrogen-bond donors (Lipinski definition) is 3. The molecule has 53 heavy (non-hydrogen) atoms. The number of nitrogens with zero attached hydrogens (tertiary/aromatic N) is 2. The Morgan fingerprint density at radius 3 is 2.19 bits per heavy atom. The largest absolute Gasteiger partial charge is 0.481 e. The molecule has 0 radical (unpaired) electrons. The van der Waals surface area contributed by atoms with Crippen LogP contribution in [0.4, 0.5) is 4.79 Å². The molecule has 2 saturated heterocycles. The van der Waals surface area contributed by atoms with E-state index in [1.807, 2.05) is 52.0 Å².